The third-order valence-electron chi connectivity index (χ3n) is 19.6. The van der Waals surface area contributed by atoms with E-state index < -0.39 is 82.0 Å². The summed E-state index contributed by atoms with van der Waals surface area (Å²) in [6.07, 6.45) is 5.74. The molecular formula is C71H83F3N12O12S3. The summed E-state index contributed by atoms with van der Waals surface area (Å²) in [7, 11) is -11.1. The number of aryl methyl sites for hydroxylation is 1. The van der Waals surface area contributed by atoms with Crippen LogP contribution in [0.15, 0.2) is 147 Å². The molecule has 12 rings (SSSR count). The number of amides is 6. The van der Waals surface area contributed by atoms with E-state index in [-0.39, 0.29) is 79.1 Å². The number of sulfone groups is 1. The molecule has 4 fully saturated rings. The van der Waals surface area contributed by atoms with Gasteiger partial charge in [0.05, 0.1) is 59.4 Å². The number of nitrogens with one attached hydrogen (secondary N) is 6. The number of fused-ring (bicyclic) bond motifs is 1. The number of allylic oxidation sites excluding steroid dienone is 1. The standard InChI is InChI=1S/C71H83F3N12O12S3/c1-47-12-14-48(15-13-47)55-24-25-69(2,3)41-50(55)43-82-31-33-83(34-32-82)52-18-16-49(17-19-52)65(89)79-101(95,96)54-20-21-57(60(40-54)100(93,94)71(72,73)74)77-70(42-61(70)99-53-8-5-4-6-9-53)26-28-81-29-35-84(36-30-81)63(88)45-85-44-51(78-80-85)46-98-39-38-97-37-27-75-58-11-7-10-56-64(58)68(92)86(67(56)91)59-22-23-62(87)76-66(59)90/h4-21,40,44,59,61,75,77-78,80H,22-39,41-43,45-46H2,1-3H3,(H,79,89)(H,76,87,90). The smallest absolute Gasteiger partial charge is 0.382 e. The number of hydrazine groups is 2. The number of hydrogen-bond donors (Lipinski definition) is 6. The largest absolute Gasteiger partial charge is 0.501 e. The molecule has 1 saturated carbocycles. The number of nitrogens with zero attached hydrogens (tertiary/aromatic N) is 6. The van der Waals surface area contributed by atoms with E-state index in [0.29, 0.717) is 69.6 Å². The van der Waals surface area contributed by atoms with Crippen LogP contribution in [0, 0.1) is 12.3 Å². The molecule has 7 aliphatic rings. The lowest BCUT2D eigenvalue weighted by Crippen LogP contribution is -2.54. The molecule has 5 heterocycles. The van der Waals surface area contributed by atoms with Gasteiger partial charge >= 0.3 is 5.51 Å². The molecule has 3 saturated heterocycles. The SMILES string of the molecule is Cc1ccc(C2=C(CN3CCN(c4ccc(C(=O)NS(=O)(=O)c5ccc(NC6(CCN7CCN(C(=O)CN8C=C(COCCOCCNc9cccc%10c9C(=O)N(C9CCC(=O)NC9=O)C%10=O)NN8)CC7)CC6Sc6ccccc6)c(S(=O)(=O)C(F)(F)F)c5)cc4)CC3)CC(C)(C)CC2)cc1. The van der Waals surface area contributed by atoms with Gasteiger partial charge in [-0.15, -0.1) is 17.3 Å². The van der Waals surface area contributed by atoms with Crippen molar-refractivity contribution in [3.8, 4) is 0 Å². The average molecular weight is 1450 g/mol. The molecule has 30 heteroatoms. The highest BCUT2D eigenvalue weighted by Crippen LogP contribution is 2.54. The Bertz CT molecular complexity index is 4270. The molecule has 5 aromatic carbocycles. The number of rotatable bonds is 27. The van der Waals surface area contributed by atoms with E-state index in [1.54, 1.807) is 40.4 Å². The normalized spacial score (nSPS) is 21.3. The molecule has 24 nitrogen and oxygen atoms in total. The first-order chi connectivity index (χ1) is 48.2. The Kier molecular flexibility index (Phi) is 21.7. The zero-order valence-electron chi connectivity index (χ0n) is 56.4. The first kappa shape index (κ1) is 72.4. The zero-order chi connectivity index (χ0) is 71.4. The fraction of sp³-hybridized carbons (Fsp3) is 0.437. The number of benzene rings is 5. The van der Waals surface area contributed by atoms with Gasteiger partial charge in [-0.1, -0.05) is 73.5 Å². The van der Waals surface area contributed by atoms with Gasteiger partial charge in [-0.25, -0.2) is 21.6 Å². The van der Waals surface area contributed by atoms with E-state index in [9.17, 15) is 58.8 Å². The molecule has 3 unspecified atom stereocenters. The van der Waals surface area contributed by atoms with Gasteiger partial charge in [-0.3, -0.25) is 53.8 Å². The molecule has 5 aliphatic heterocycles. The summed E-state index contributed by atoms with van der Waals surface area (Å²) < 4.78 is 112. The third kappa shape index (κ3) is 16.9. The fourth-order valence-corrected chi connectivity index (χ4v) is 17.2. The number of imide groups is 2. The highest BCUT2D eigenvalue weighted by Gasteiger charge is 2.56. The Morgan fingerprint density at radius 1 is 0.772 bits per heavy atom. The fourth-order valence-electron chi connectivity index (χ4n) is 13.8. The highest BCUT2D eigenvalue weighted by atomic mass is 32.2. The summed E-state index contributed by atoms with van der Waals surface area (Å²) in [5.41, 5.74) is 6.52. The topological polar surface area (TPSA) is 281 Å². The summed E-state index contributed by atoms with van der Waals surface area (Å²) in [6, 6.07) is 30.7. The van der Waals surface area contributed by atoms with Crippen molar-refractivity contribution in [1.29, 1.82) is 0 Å². The Labute approximate surface area is 589 Å². The van der Waals surface area contributed by atoms with Gasteiger partial charge in [-0.05, 0) is 129 Å². The lowest BCUT2D eigenvalue weighted by atomic mass is 9.72. The number of piperidine rings is 1. The molecular weight excluding hydrogens is 1370 g/mol. The van der Waals surface area contributed by atoms with Crippen molar-refractivity contribution in [2.45, 2.75) is 103 Å². The Morgan fingerprint density at radius 2 is 1.50 bits per heavy atom. The van der Waals surface area contributed by atoms with Crippen LogP contribution in [0.25, 0.3) is 5.57 Å². The monoisotopic (exact) mass is 1450 g/mol. The van der Waals surface area contributed by atoms with Crippen LogP contribution in [0.1, 0.15) is 101 Å². The van der Waals surface area contributed by atoms with Crippen LogP contribution in [0.3, 0.4) is 0 Å². The van der Waals surface area contributed by atoms with Crippen LogP contribution in [0.4, 0.5) is 30.2 Å². The first-order valence-corrected chi connectivity index (χ1v) is 37.7. The number of anilines is 3. The molecule has 5 aromatic rings. The van der Waals surface area contributed by atoms with Gasteiger partial charge < -0.3 is 35.3 Å². The van der Waals surface area contributed by atoms with Crippen molar-refractivity contribution in [2.75, 3.05) is 120 Å². The number of alkyl halides is 3. The molecule has 0 aromatic heterocycles. The van der Waals surface area contributed by atoms with E-state index in [4.69, 9.17) is 9.47 Å². The summed E-state index contributed by atoms with van der Waals surface area (Å²) >= 11 is 1.48. The minimum absolute atomic E-state index is 0.00529. The Morgan fingerprint density at radius 3 is 2.22 bits per heavy atom. The molecule has 101 heavy (non-hydrogen) atoms. The van der Waals surface area contributed by atoms with Crippen LogP contribution < -0.4 is 36.5 Å². The number of hydrogen-bond acceptors (Lipinski definition) is 21. The van der Waals surface area contributed by atoms with E-state index >= 15 is 0 Å². The predicted octanol–water partition coefficient (Wildman–Crippen LogP) is 7.16. The Balaban J connectivity index is 0.606. The summed E-state index contributed by atoms with van der Waals surface area (Å²) in [6.45, 7) is 14.0. The van der Waals surface area contributed by atoms with Crippen molar-refractivity contribution >= 4 is 89.7 Å². The molecule has 6 N–H and O–H groups in total. The van der Waals surface area contributed by atoms with Crippen LogP contribution in [0.2, 0.25) is 0 Å². The maximum Gasteiger partial charge on any atom is 0.501 e. The summed E-state index contributed by atoms with van der Waals surface area (Å²) in [5, 5.41) is 9.83. The number of sulfonamides is 1. The second-order valence-corrected chi connectivity index (χ2v) is 32.2. The molecule has 0 bridgehead atoms. The number of ether oxygens (including phenoxy) is 2. The summed E-state index contributed by atoms with van der Waals surface area (Å²) in [5.74, 6) is -3.57. The van der Waals surface area contributed by atoms with E-state index in [0.717, 1.165) is 79.6 Å². The molecule has 3 atom stereocenters. The van der Waals surface area contributed by atoms with E-state index in [2.05, 4.69) is 86.6 Å². The van der Waals surface area contributed by atoms with Gasteiger partial charge in [-0.2, -0.15) is 13.2 Å². The maximum absolute atomic E-state index is 14.7. The van der Waals surface area contributed by atoms with E-state index in [1.165, 1.54) is 52.2 Å². The van der Waals surface area contributed by atoms with E-state index in [1.807, 2.05) is 35.1 Å². The van der Waals surface area contributed by atoms with Crippen LogP contribution in [-0.2, 0) is 43.7 Å². The lowest BCUT2D eigenvalue weighted by Gasteiger charge is -2.39. The van der Waals surface area contributed by atoms with Crippen molar-refractivity contribution in [2.24, 2.45) is 5.41 Å². The molecule has 0 spiro atoms. The third-order valence-corrected chi connectivity index (χ3v) is 23.9. The number of carbonyl (C=O) groups excluding carboxylic acids is 6. The quantitative estimate of drug-likeness (QED) is 0.0225. The number of thioether (sulfide) groups is 1. The maximum atomic E-state index is 14.7. The van der Waals surface area contributed by atoms with Crippen molar-refractivity contribution in [1.82, 2.24) is 45.6 Å². The van der Waals surface area contributed by atoms with Crippen LogP contribution in [0.5, 0.6) is 0 Å². The highest BCUT2D eigenvalue weighted by molar-refractivity contribution is 8.00. The van der Waals surface area contributed by atoms with Gasteiger partial charge in [0.1, 0.15) is 17.5 Å². The minimum atomic E-state index is -6.18. The summed E-state index contributed by atoms with van der Waals surface area (Å²) in [4.78, 5) is 86.1. The minimum Gasteiger partial charge on any atom is -0.382 e. The van der Waals surface area contributed by atoms with Gasteiger partial charge in [0.2, 0.25) is 17.7 Å². The van der Waals surface area contributed by atoms with Crippen LogP contribution in [-0.4, -0.2) is 204 Å². The second kappa shape index (κ2) is 30.3. The van der Waals surface area contributed by atoms with Crippen molar-refractivity contribution in [3.63, 3.8) is 0 Å². The van der Waals surface area contributed by atoms with Crippen LogP contribution >= 0.6 is 11.8 Å². The Hall–Kier alpha value is -8.36. The van der Waals surface area contributed by atoms with Crippen molar-refractivity contribution < 1.29 is 68.2 Å². The number of piperazine rings is 2. The van der Waals surface area contributed by atoms with Crippen molar-refractivity contribution in [3.05, 3.63) is 161 Å². The molecule has 0 radical (unpaired) electrons. The molecule has 2 aliphatic carbocycles. The zero-order valence-corrected chi connectivity index (χ0v) is 58.9. The van der Waals surface area contributed by atoms with Gasteiger partial charge in [0.25, 0.3) is 37.6 Å². The average Bonchev–Trinajstić information content (AvgIpc) is 1.62. The number of halogens is 3. The lowest BCUT2D eigenvalue weighted by molar-refractivity contribution is -0.136. The van der Waals surface area contributed by atoms with Gasteiger partial charge in [0, 0.05) is 112 Å². The predicted molar refractivity (Wildman–Crippen MR) is 374 cm³/mol. The molecule has 538 valence electrons. The second-order valence-electron chi connectivity index (χ2n) is 27.3. The van der Waals surface area contributed by atoms with Gasteiger partial charge in [0.15, 0.2) is 0 Å². The first-order valence-electron chi connectivity index (χ1n) is 33.8. The molecule has 6 amide bonds. The number of carbonyl (C=O) groups is 6.